The second kappa shape index (κ2) is 6.07. The summed E-state index contributed by atoms with van der Waals surface area (Å²) in [5.41, 5.74) is 3.89. The molecule has 1 amide bonds. The van der Waals surface area contributed by atoms with Gasteiger partial charge in [0, 0.05) is 22.4 Å². The van der Waals surface area contributed by atoms with Gasteiger partial charge in [-0.05, 0) is 29.8 Å². The molecule has 2 rings (SSSR count). The molecule has 5 heteroatoms. The van der Waals surface area contributed by atoms with E-state index in [0.717, 1.165) is 10.0 Å². The number of benzene rings is 1. The van der Waals surface area contributed by atoms with E-state index in [2.05, 4.69) is 31.4 Å². The SMILES string of the molecule is O=C(N/N=C\c1ccc(Br)cc1)c1ccncc1. The summed E-state index contributed by atoms with van der Waals surface area (Å²) in [5, 5.41) is 3.89. The van der Waals surface area contributed by atoms with E-state index in [1.807, 2.05) is 24.3 Å². The fraction of sp³-hybridized carbons (Fsp3) is 0. The summed E-state index contributed by atoms with van der Waals surface area (Å²) >= 11 is 3.35. The van der Waals surface area contributed by atoms with Gasteiger partial charge >= 0.3 is 0 Å². The number of amides is 1. The zero-order valence-electron chi connectivity index (χ0n) is 9.38. The van der Waals surface area contributed by atoms with Gasteiger partial charge in [0.2, 0.25) is 0 Å². The molecule has 0 aliphatic heterocycles. The number of pyridine rings is 1. The molecule has 1 N–H and O–H groups in total. The Kier molecular flexibility index (Phi) is 4.20. The zero-order valence-corrected chi connectivity index (χ0v) is 11.0. The molecule has 0 unspecified atom stereocenters. The van der Waals surface area contributed by atoms with Crippen LogP contribution < -0.4 is 5.43 Å². The van der Waals surface area contributed by atoms with Crippen molar-refractivity contribution < 1.29 is 4.79 Å². The van der Waals surface area contributed by atoms with Crippen LogP contribution in [0.25, 0.3) is 0 Å². The summed E-state index contributed by atoms with van der Waals surface area (Å²) < 4.78 is 1.00. The van der Waals surface area contributed by atoms with Crippen molar-refractivity contribution in [3.63, 3.8) is 0 Å². The molecule has 0 spiro atoms. The molecule has 0 aliphatic carbocycles. The van der Waals surface area contributed by atoms with Crippen molar-refractivity contribution in [1.29, 1.82) is 0 Å². The lowest BCUT2D eigenvalue weighted by Gasteiger charge is -1.98. The van der Waals surface area contributed by atoms with Crippen LogP contribution in [-0.4, -0.2) is 17.1 Å². The molecule has 1 aromatic carbocycles. The topological polar surface area (TPSA) is 54.4 Å². The normalized spacial score (nSPS) is 10.5. The number of carbonyl (C=O) groups excluding carboxylic acids is 1. The number of hydrogen-bond acceptors (Lipinski definition) is 3. The summed E-state index contributed by atoms with van der Waals surface area (Å²) in [4.78, 5) is 15.5. The van der Waals surface area contributed by atoms with Crippen LogP contribution in [0.4, 0.5) is 0 Å². The highest BCUT2D eigenvalue weighted by Crippen LogP contribution is 2.08. The van der Waals surface area contributed by atoms with Crippen LogP contribution in [0.15, 0.2) is 58.4 Å². The zero-order chi connectivity index (χ0) is 12.8. The maximum atomic E-state index is 11.6. The number of aromatic nitrogens is 1. The average Bonchev–Trinajstić information content (AvgIpc) is 2.42. The number of hydrazone groups is 1. The molecule has 90 valence electrons. The van der Waals surface area contributed by atoms with Crippen molar-refractivity contribution in [1.82, 2.24) is 10.4 Å². The maximum Gasteiger partial charge on any atom is 0.271 e. The Labute approximate surface area is 113 Å². The molecule has 0 aliphatic rings. The van der Waals surface area contributed by atoms with Crippen LogP contribution in [0.3, 0.4) is 0 Å². The number of rotatable bonds is 3. The highest BCUT2D eigenvalue weighted by molar-refractivity contribution is 9.10. The Bertz CT molecular complexity index is 552. The van der Waals surface area contributed by atoms with Crippen LogP contribution in [0.2, 0.25) is 0 Å². The summed E-state index contributed by atoms with van der Waals surface area (Å²) in [6.45, 7) is 0. The van der Waals surface area contributed by atoms with Crippen molar-refractivity contribution in [3.8, 4) is 0 Å². The van der Waals surface area contributed by atoms with Gasteiger partial charge in [-0.3, -0.25) is 9.78 Å². The number of hydrogen-bond donors (Lipinski definition) is 1. The minimum absolute atomic E-state index is 0.259. The van der Waals surface area contributed by atoms with E-state index in [-0.39, 0.29) is 5.91 Å². The molecule has 0 radical (unpaired) electrons. The summed E-state index contributed by atoms with van der Waals surface area (Å²) in [6, 6.07) is 10.9. The van der Waals surface area contributed by atoms with Crippen molar-refractivity contribution in [2.24, 2.45) is 5.10 Å². The Morgan fingerprint density at radius 2 is 1.83 bits per heavy atom. The minimum atomic E-state index is -0.259. The van der Waals surface area contributed by atoms with E-state index in [9.17, 15) is 4.79 Å². The minimum Gasteiger partial charge on any atom is -0.267 e. The molecule has 4 nitrogen and oxygen atoms in total. The van der Waals surface area contributed by atoms with Crippen molar-refractivity contribution in [2.75, 3.05) is 0 Å². The first-order valence-corrected chi connectivity index (χ1v) is 6.04. The Hall–Kier alpha value is -2.01. The molecule has 0 bridgehead atoms. The number of nitrogens with one attached hydrogen (secondary N) is 1. The van der Waals surface area contributed by atoms with Crippen LogP contribution >= 0.6 is 15.9 Å². The van der Waals surface area contributed by atoms with Crippen molar-refractivity contribution in [2.45, 2.75) is 0 Å². The molecule has 0 saturated heterocycles. The second-order valence-corrected chi connectivity index (χ2v) is 4.40. The molecule has 0 saturated carbocycles. The van der Waals surface area contributed by atoms with Gasteiger partial charge in [0.05, 0.1) is 6.21 Å². The second-order valence-electron chi connectivity index (χ2n) is 3.49. The van der Waals surface area contributed by atoms with Crippen LogP contribution in [0.5, 0.6) is 0 Å². The van der Waals surface area contributed by atoms with Gasteiger partial charge < -0.3 is 0 Å². The van der Waals surface area contributed by atoms with E-state index < -0.39 is 0 Å². The summed E-state index contributed by atoms with van der Waals surface area (Å²) in [5.74, 6) is -0.259. The first-order chi connectivity index (χ1) is 8.75. The van der Waals surface area contributed by atoms with E-state index in [1.165, 1.54) is 0 Å². The Morgan fingerprint density at radius 3 is 2.50 bits per heavy atom. The third-order valence-corrected chi connectivity index (χ3v) is 2.72. The average molecular weight is 304 g/mol. The fourth-order valence-electron chi connectivity index (χ4n) is 1.28. The first-order valence-electron chi connectivity index (χ1n) is 5.25. The molecule has 0 atom stereocenters. The Balaban J connectivity index is 1.96. The maximum absolute atomic E-state index is 11.6. The lowest BCUT2D eigenvalue weighted by atomic mass is 10.2. The van der Waals surface area contributed by atoms with Crippen molar-refractivity contribution >= 4 is 28.1 Å². The van der Waals surface area contributed by atoms with Gasteiger partial charge in [0.25, 0.3) is 5.91 Å². The molecular formula is C13H10BrN3O. The van der Waals surface area contributed by atoms with Crippen LogP contribution in [-0.2, 0) is 0 Å². The predicted molar refractivity (Wildman–Crippen MR) is 73.4 cm³/mol. The van der Waals surface area contributed by atoms with Gasteiger partial charge in [-0.25, -0.2) is 5.43 Å². The smallest absolute Gasteiger partial charge is 0.267 e. The monoisotopic (exact) mass is 303 g/mol. The third-order valence-electron chi connectivity index (χ3n) is 2.19. The highest BCUT2D eigenvalue weighted by atomic mass is 79.9. The standard InChI is InChI=1S/C13H10BrN3O/c14-12-3-1-10(2-4-12)9-16-17-13(18)11-5-7-15-8-6-11/h1-9H,(H,17,18)/b16-9-. The summed E-state index contributed by atoms with van der Waals surface area (Å²) in [7, 11) is 0. The fourth-order valence-corrected chi connectivity index (χ4v) is 1.55. The van der Waals surface area contributed by atoms with E-state index in [0.29, 0.717) is 5.56 Å². The van der Waals surface area contributed by atoms with Crippen molar-refractivity contribution in [3.05, 3.63) is 64.4 Å². The van der Waals surface area contributed by atoms with Gasteiger partial charge in [-0.15, -0.1) is 0 Å². The molecular weight excluding hydrogens is 294 g/mol. The summed E-state index contributed by atoms with van der Waals surface area (Å²) in [6.07, 6.45) is 4.71. The van der Waals surface area contributed by atoms with E-state index >= 15 is 0 Å². The van der Waals surface area contributed by atoms with Crippen LogP contribution in [0.1, 0.15) is 15.9 Å². The van der Waals surface area contributed by atoms with E-state index in [1.54, 1.807) is 30.7 Å². The lowest BCUT2D eigenvalue weighted by Crippen LogP contribution is -2.17. The molecule has 1 aromatic heterocycles. The first kappa shape index (κ1) is 12.4. The van der Waals surface area contributed by atoms with Gasteiger partial charge in [0.15, 0.2) is 0 Å². The number of carbonyl (C=O) groups is 1. The highest BCUT2D eigenvalue weighted by Gasteiger charge is 2.01. The molecule has 2 aromatic rings. The van der Waals surface area contributed by atoms with Gasteiger partial charge in [0.1, 0.15) is 0 Å². The number of halogens is 1. The van der Waals surface area contributed by atoms with Crippen LogP contribution in [0, 0.1) is 0 Å². The number of nitrogens with zero attached hydrogens (tertiary/aromatic N) is 2. The Morgan fingerprint density at radius 1 is 1.17 bits per heavy atom. The van der Waals surface area contributed by atoms with Gasteiger partial charge in [-0.2, -0.15) is 5.10 Å². The molecule has 1 heterocycles. The lowest BCUT2D eigenvalue weighted by molar-refractivity contribution is 0.0955. The largest absolute Gasteiger partial charge is 0.271 e. The molecule has 18 heavy (non-hydrogen) atoms. The van der Waals surface area contributed by atoms with E-state index in [4.69, 9.17) is 0 Å². The molecule has 0 fully saturated rings. The van der Waals surface area contributed by atoms with Gasteiger partial charge in [-0.1, -0.05) is 28.1 Å². The third kappa shape index (κ3) is 3.49. The quantitative estimate of drug-likeness (QED) is 0.700. The predicted octanol–water partition coefficient (Wildman–Crippen LogP) is 2.61.